The molecule has 0 amide bonds. The van der Waals surface area contributed by atoms with E-state index < -0.39 is 0 Å². The first-order valence-electron chi connectivity index (χ1n) is 5.82. The summed E-state index contributed by atoms with van der Waals surface area (Å²) in [6.45, 7) is 4.17. The minimum atomic E-state index is -0.264. The lowest BCUT2D eigenvalue weighted by Crippen LogP contribution is -2.08. The normalized spacial score (nSPS) is 10.3. The smallest absolute Gasteiger partial charge is 0.311 e. The minimum Gasteiger partial charge on any atom is -0.466 e. The third-order valence-electron chi connectivity index (χ3n) is 2.41. The predicted octanol–water partition coefficient (Wildman–Crippen LogP) is 1.68. The van der Waals surface area contributed by atoms with Crippen LogP contribution >= 0.6 is 0 Å². The van der Waals surface area contributed by atoms with E-state index in [1.54, 1.807) is 30.1 Å². The van der Waals surface area contributed by atoms with E-state index in [2.05, 4.69) is 10.1 Å². The maximum Gasteiger partial charge on any atom is 0.311 e. The Hall–Kier alpha value is -2.17. The average Bonchev–Trinajstić information content (AvgIpc) is 2.78. The molecule has 0 aliphatic carbocycles. The Bertz CT molecular complexity index is 549. The number of rotatable bonds is 4. The summed E-state index contributed by atoms with van der Waals surface area (Å²) in [7, 11) is 0. The Kier molecular flexibility index (Phi) is 3.72. The van der Waals surface area contributed by atoms with Gasteiger partial charge in [0.25, 0.3) is 0 Å². The quantitative estimate of drug-likeness (QED) is 0.769. The molecular formula is C13H15N3O2. The highest BCUT2D eigenvalue weighted by Crippen LogP contribution is 2.07. The molecule has 5 nitrogen and oxygen atoms in total. The minimum absolute atomic E-state index is 0.187. The first-order chi connectivity index (χ1) is 8.69. The molecule has 0 N–H and O–H groups in total. The summed E-state index contributed by atoms with van der Waals surface area (Å²) < 4.78 is 6.53. The Balaban J connectivity index is 2.13. The largest absolute Gasteiger partial charge is 0.466 e. The molecule has 0 saturated carbocycles. The van der Waals surface area contributed by atoms with E-state index in [0.717, 1.165) is 11.4 Å². The number of aromatic nitrogens is 3. The molecule has 2 aromatic heterocycles. The maximum atomic E-state index is 11.3. The van der Waals surface area contributed by atoms with E-state index in [-0.39, 0.29) is 12.4 Å². The Morgan fingerprint density at radius 1 is 1.44 bits per heavy atom. The van der Waals surface area contributed by atoms with Crippen LogP contribution in [-0.2, 0) is 16.0 Å². The number of ether oxygens (including phenoxy) is 1. The molecule has 0 unspecified atom stereocenters. The van der Waals surface area contributed by atoms with Crippen molar-refractivity contribution < 1.29 is 9.53 Å². The second-order valence-corrected chi connectivity index (χ2v) is 3.92. The number of hydrogen-bond donors (Lipinski definition) is 0. The van der Waals surface area contributed by atoms with E-state index in [9.17, 15) is 4.79 Å². The van der Waals surface area contributed by atoms with Crippen molar-refractivity contribution in [1.82, 2.24) is 14.8 Å². The van der Waals surface area contributed by atoms with Gasteiger partial charge in [0.05, 0.1) is 18.7 Å². The van der Waals surface area contributed by atoms with Gasteiger partial charge in [0.1, 0.15) is 0 Å². The number of nitrogens with zero attached hydrogens (tertiary/aromatic N) is 3. The van der Waals surface area contributed by atoms with Crippen LogP contribution in [0.15, 0.2) is 30.6 Å². The third-order valence-corrected chi connectivity index (χ3v) is 2.41. The Labute approximate surface area is 105 Å². The number of carbonyl (C=O) groups is 1. The molecule has 2 heterocycles. The number of aryl methyl sites for hydroxylation is 1. The van der Waals surface area contributed by atoms with E-state index >= 15 is 0 Å². The van der Waals surface area contributed by atoms with Crippen LogP contribution in [0, 0.1) is 6.92 Å². The molecule has 0 aliphatic rings. The summed E-state index contributed by atoms with van der Waals surface area (Å²) in [5.41, 5.74) is 1.79. The highest BCUT2D eigenvalue weighted by molar-refractivity contribution is 5.71. The molecule has 2 aromatic rings. The van der Waals surface area contributed by atoms with Crippen LogP contribution in [0.5, 0.6) is 0 Å². The zero-order valence-electron chi connectivity index (χ0n) is 10.5. The molecule has 0 spiro atoms. The monoisotopic (exact) mass is 245 g/mol. The lowest BCUT2D eigenvalue weighted by molar-refractivity contribution is -0.142. The number of carbonyl (C=O) groups excluding carboxylic acids is 1. The van der Waals surface area contributed by atoms with Crippen LogP contribution in [-0.4, -0.2) is 27.3 Å². The van der Waals surface area contributed by atoms with Gasteiger partial charge in [-0.25, -0.2) is 9.67 Å². The topological polar surface area (TPSA) is 57.0 Å². The lowest BCUT2D eigenvalue weighted by Gasteiger charge is -2.01. The van der Waals surface area contributed by atoms with Crippen molar-refractivity contribution in [2.75, 3.05) is 6.61 Å². The van der Waals surface area contributed by atoms with Gasteiger partial charge in [-0.1, -0.05) is 0 Å². The van der Waals surface area contributed by atoms with Crippen molar-refractivity contribution >= 4 is 5.97 Å². The third kappa shape index (κ3) is 2.94. The number of pyridine rings is 1. The molecule has 0 radical (unpaired) electrons. The average molecular weight is 245 g/mol. The van der Waals surface area contributed by atoms with Gasteiger partial charge >= 0.3 is 5.97 Å². The SMILES string of the molecule is CCOC(=O)Cc1ccn(-c2cc(C)ccn2)n1. The molecule has 2 rings (SSSR count). The first-order valence-corrected chi connectivity index (χ1v) is 5.82. The summed E-state index contributed by atoms with van der Waals surface area (Å²) in [5.74, 6) is 0.477. The lowest BCUT2D eigenvalue weighted by atomic mass is 10.3. The van der Waals surface area contributed by atoms with Gasteiger partial charge < -0.3 is 4.74 Å². The van der Waals surface area contributed by atoms with Crippen molar-refractivity contribution in [3.8, 4) is 5.82 Å². The molecule has 5 heteroatoms. The molecule has 0 saturated heterocycles. The second-order valence-electron chi connectivity index (χ2n) is 3.92. The molecular weight excluding hydrogens is 230 g/mol. The number of esters is 1. The second kappa shape index (κ2) is 5.44. The van der Waals surface area contributed by atoms with Crippen LogP contribution < -0.4 is 0 Å². The summed E-state index contributed by atoms with van der Waals surface area (Å²) in [4.78, 5) is 15.5. The predicted molar refractivity (Wildman–Crippen MR) is 66.4 cm³/mol. The van der Waals surface area contributed by atoms with Gasteiger partial charge in [0.15, 0.2) is 5.82 Å². The first kappa shape index (κ1) is 12.3. The van der Waals surface area contributed by atoms with Crippen LogP contribution in [0.2, 0.25) is 0 Å². The van der Waals surface area contributed by atoms with Crippen molar-refractivity contribution in [3.05, 3.63) is 41.9 Å². The van der Waals surface area contributed by atoms with Crippen LogP contribution in [0.4, 0.5) is 0 Å². The van der Waals surface area contributed by atoms with Gasteiger partial charge in [-0.05, 0) is 37.6 Å². The van der Waals surface area contributed by atoms with Crippen LogP contribution in [0.1, 0.15) is 18.2 Å². The van der Waals surface area contributed by atoms with Gasteiger partial charge in [0.2, 0.25) is 0 Å². The molecule has 0 aliphatic heterocycles. The fourth-order valence-electron chi connectivity index (χ4n) is 1.59. The highest BCUT2D eigenvalue weighted by atomic mass is 16.5. The maximum absolute atomic E-state index is 11.3. The van der Waals surface area contributed by atoms with Gasteiger partial charge in [-0.15, -0.1) is 0 Å². The van der Waals surface area contributed by atoms with Crippen molar-refractivity contribution in [2.45, 2.75) is 20.3 Å². The highest BCUT2D eigenvalue weighted by Gasteiger charge is 2.08. The summed E-state index contributed by atoms with van der Waals surface area (Å²) in [5, 5.41) is 4.30. The molecule has 0 fully saturated rings. The zero-order valence-corrected chi connectivity index (χ0v) is 10.5. The molecule has 18 heavy (non-hydrogen) atoms. The van der Waals surface area contributed by atoms with Gasteiger partial charge in [-0.3, -0.25) is 4.79 Å². The van der Waals surface area contributed by atoms with E-state index in [4.69, 9.17) is 4.74 Å². The van der Waals surface area contributed by atoms with Crippen molar-refractivity contribution in [1.29, 1.82) is 0 Å². The summed E-state index contributed by atoms with van der Waals surface area (Å²) in [6, 6.07) is 5.65. The fraction of sp³-hybridized carbons (Fsp3) is 0.308. The summed E-state index contributed by atoms with van der Waals surface area (Å²) >= 11 is 0. The van der Waals surface area contributed by atoms with E-state index in [1.165, 1.54) is 0 Å². The zero-order chi connectivity index (χ0) is 13.0. The van der Waals surface area contributed by atoms with E-state index in [0.29, 0.717) is 12.3 Å². The standard InChI is InChI=1S/C13H15N3O2/c1-3-18-13(17)9-11-5-7-16(15-11)12-8-10(2)4-6-14-12/h4-8H,3,9H2,1-2H3. The van der Waals surface area contributed by atoms with Crippen molar-refractivity contribution in [3.63, 3.8) is 0 Å². The van der Waals surface area contributed by atoms with E-state index in [1.807, 2.05) is 19.1 Å². The molecule has 0 aromatic carbocycles. The van der Waals surface area contributed by atoms with Gasteiger partial charge in [0, 0.05) is 12.4 Å². The molecule has 94 valence electrons. The molecule has 0 atom stereocenters. The summed E-state index contributed by atoms with van der Waals surface area (Å²) in [6.07, 6.45) is 3.71. The van der Waals surface area contributed by atoms with Crippen LogP contribution in [0.3, 0.4) is 0 Å². The number of hydrogen-bond acceptors (Lipinski definition) is 4. The van der Waals surface area contributed by atoms with Crippen LogP contribution in [0.25, 0.3) is 5.82 Å². The molecule has 0 bridgehead atoms. The Morgan fingerprint density at radius 2 is 2.28 bits per heavy atom. The van der Waals surface area contributed by atoms with Crippen molar-refractivity contribution in [2.24, 2.45) is 0 Å². The Morgan fingerprint density at radius 3 is 3.00 bits per heavy atom. The van der Waals surface area contributed by atoms with Gasteiger partial charge in [-0.2, -0.15) is 5.10 Å². The fourth-order valence-corrected chi connectivity index (χ4v) is 1.59.